The van der Waals surface area contributed by atoms with Crippen LogP contribution in [0.5, 0.6) is 0 Å². The molecule has 1 aliphatic heterocycles. The number of halogens is 1. The van der Waals surface area contributed by atoms with Gasteiger partial charge in [0.25, 0.3) is 0 Å². The molecule has 0 radical (unpaired) electrons. The fraction of sp³-hybridized carbons (Fsp3) is 0.364. The molecule has 2 N–H and O–H groups in total. The third-order valence-corrected chi connectivity index (χ3v) is 2.78. The van der Waals surface area contributed by atoms with E-state index in [4.69, 9.17) is 17.3 Å². The number of nitrogens with two attached hydrogens (primary N) is 1. The number of benzene rings is 1. The van der Waals surface area contributed by atoms with Gasteiger partial charge in [-0.3, -0.25) is 4.79 Å². The summed E-state index contributed by atoms with van der Waals surface area (Å²) < 4.78 is 0. The first-order valence-corrected chi connectivity index (χ1v) is 5.50. The van der Waals surface area contributed by atoms with Crippen LogP contribution in [0.2, 0.25) is 0 Å². The van der Waals surface area contributed by atoms with Gasteiger partial charge < -0.3 is 10.6 Å². The second-order valence-electron chi connectivity index (χ2n) is 3.62. The van der Waals surface area contributed by atoms with Crippen molar-refractivity contribution < 1.29 is 4.79 Å². The Morgan fingerprint density at radius 2 is 2.20 bits per heavy atom. The molecule has 0 spiro atoms. The van der Waals surface area contributed by atoms with Gasteiger partial charge in [0.2, 0.25) is 5.91 Å². The molecule has 0 bridgehead atoms. The van der Waals surface area contributed by atoms with Crippen molar-refractivity contribution in [3.05, 3.63) is 23.8 Å². The Morgan fingerprint density at radius 1 is 1.40 bits per heavy atom. The minimum atomic E-state index is 0.146. The van der Waals surface area contributed by atoms with Crippen LogP contribution >= 0.6 is 11.6 Å². The van der Waals surface area contributed by atoms with Gasteiger partial charge in [0, 0.05) is 30.2 Å². The van der Waals surface area contributed by atoms with Crippen molar-refractivity contribution in [3.8, 4) is 0 Å². The number of aryl methyl sites for hydroxylation is 1. The molecule has 0 fully saturated rings. The van der Waals surface area contributed by atoms with E-state index in [1.54, 1.807) is 4.90 Å². The molecular formula is C11H13ClN2O. The monoisotopic (exact) mass is 224 g/mol. The van der Waals surface area contributed by atoms with Crippen LogP contribution in [0.1, 0.15) is 12.0 Å². The molecule has 3 nitrogen and oxygen atoms in total. The number of nitrogens with zero attached hydrogens (tertiary/aromatic N) is 1. The largest absolute Gasteiger partial charge is 0.399 e. The highest BCUT2D eigenvalue weighted by atomic mass is 35.5. The molecular weight excluding hydrogens is 212 g/mol. The van der Waals surface area contributed by atoms with E-state index >= 15 is 0 Å². The van der Waals surface area contributed by atoms with Crippen molar-refractivity contribution in [2.75, 3.05) is 23.1 Å². The first-order chi connectivity index (χ1) is 7.22. The lowest BCUT2D eigenvalue weighted by Gasteiger charge is -2.29. The van der Waals surface area contributed by atoms with E-state index in [1.165, 1.54) is 0 Å². The Morgan fingerprint density at radius 3 is 2.93 bits per heavy atom. The van der Waals surface area contributed by atoms with Gasteiger partial charge in [-0.15, -0.1) is 11.6 Å². The smallest absolute Gasteiger partial charge is 0.227 e. The summed E-state index contributed by atoms with van der Waals surface area (Å²) in [5.74, 6) is 0.600. The molecule has 0 saturated carbocycles. The van der Waals surface area contributed by atoms with E-state index in [1.807, 2.05) is 18.2 Å². The molecule has 2 rings (SSSR count). The van der Waals surface area contributed by atoms with E-state index in [9.17, 15) is 4.79 Å². The van der Waals surface area contributed by atoms with Gasteiger partial charge in [0.15, 0.2) is 0 Å². The normalized spacial score (nSPS) is 15.3. The quantitative estimate of drug-likeness (QED) is 0.615. The Hall–Kier alpha value is -1.22. The van der Waals surface area contributed by atoms with Crippen LogP contribution < -0.4 is 10.6 Å². The van der Waals surface area contributed by atoms with Crippen LogP contribution in [0, 0.1) is 0 Å². The van der Waals surface area contributed by atoms with Gasteiger partial charge in [-0.2, -0.15) is 0 Å². The van der Waals surface area contributed by atoms with E-state index in [0.717, 1.165) is 23.4 Å². The van der Waals surface area contributed by atoms with Crippen LogP contribution in [0.4, 0.5) is 11.4 Å². The van der Waals surface area contributed by atoms with Crippen molar-refractivity contribution in [1.29, 1.82) is 0 Å². The van der Waals surface area contributed by atoms with Crippen molar-refractivity contribution >= 4 is 28.9 Å². The number of rotatable bonds is 2. The van der Waals surface area contributed by atoms with Crippen LogP contribution in [-0.4, -0.2) is 18.3 Å². The number of fused-ring (bicyclic) bond motifs is 1. The summed E-state index contributed by atoms with van der Waals surface area (Å²) in [6, 6.07) is 5.65. The Kier molecular flexibility index (Phi) is 2.82. The lowest BCUT2D eigenvalue weighted by atomic mass is 10.0. The third-order valence-electron chi connectivity index (χ3n) is 2.61. The maximum absolute atomic E-state index is 11.7. The lowest BCUT2D eigenvalue weighted by Crippen LogP contribution is -2.36. The summed E-state index contributed by atoms with van der Waals surface area (Å²) in [6.07, 6.45) is 1.32. The van der Waals surface area contributed by atoms with Gasteiger partial charge in [-0.25, -0.2) is 0 Å². The molecule has 0 atom stereocenters. The molecule has 1 aromatic rings. The second-order valence-corrected chi connectivity index (χ2v) is 4.00. The van der Waals surface area contributed by atoms with Gasteiger partial charge in [0.1, 0.15) is 0 Å². The number of amides is 1. The molecule has 80 valence electrons. The zero-order chi connectivity index (χ0) is 10.8. The average molecular weight is 225 g/mol. The molecule has 1 aliphatic rings. The van der Waals surface area contributed by atoms with Gasteiger partial charge in [-0.05, 0) is 30.2 Å². The van der Waals surface area contributed by atoms with E-state index < -0.39 is 0 Å². The highest BCUT2D eigenvalue weighted by Gasteiger charge is 2.23. The highest BCUT2D eigenvalue weighted by Crippen LogP contribution is 2.29. The maximum Gasteiger partial charge on any atom is 0.227 e. The number of anilines is 2. The van der Waals surface area contributed by atoms with Crippen LogP contribution in [0.15, 0.2) is 18.2 Å². The predicted octanol–water partition coefficient (Wildman–Crippen LogP) is 1.79. The van der Waals surface area contributed by atoms with Crippen LogP contribution in [0.25, 0.3) is 0 Å². The minimum Gasteiger partial charge on any atom is -0.399 e. The molecule has 0 aliphatic carbocycles. The number of alkyl halides is 1. The molecule has 0 aromatic heterocycles. The zero-order valence-electron chi connectivity index (χ0n) is 8.37. The number of carbonyl (C=O) groups excluding carboxylic acids is 1. The topological polar surface area (TPSA) is 46.3 Å². The van der Waals surface area contributed by atoms with E-state index in [-0.39, 0.29) is 5.91 Å². The molecule has 15 heavy (non-hydrogen) atoms. The summed E-state index contributed by atoms with van der Waals surface area (Å²) in [6.45, 7) is 0.567. The van der Waals surface area contributed by atoms with Gasteiger partial charge in [-0.1, -0.05) is 0 Å². The first-order valence-electron chi connectivity index (χ1n) is 4.97. The van der Waals surface area contributed by atoms with E-state index in [0.29, 0.717) is 18.8 Å². The minimum absolute atomic E-state index is 0.146. The molecule has 0 unspecified atom stereocenters. The summed E-state index contributed by atoms with van der Waals surface area (Å²) in [4.78, 5) is 13.4. The standard InChI is InChI=1S/C11H13ClN2O/c12-5-6-14-10-3-2-9(13)7-8(10)1-4-11(14)15/h2-3,7H,1,4-6,13H2. The van der Waals surface area contributed by atoms with Crippen molar-refractivity contribution in [2.24, 2.45) is 0 Å². The Labute approximate surface area is 93.8 Å². The van der Waals surface area contributed by atoms with Crippen molar-refractivity contribution in [3.63, 3.8) is 0 Å². The summed E-state index contributed by atoms with van der Waals surface area (Å²) in [7, 11) is 0. The zero-order valence-corrected chi connectivity index (χ0v) is 9.13. The SMILES string of the molecule is Nc1ccc2c(c1)CCC(=O)N2CCCl. The summed E-state index contributed by atoms with van der Waals surface area (Å²) >= 11 is 5.68. The van der Waals surface area contributed by atoms with Crippen LogP contribution in [-0.2, 0) is 11.2 Å². The maximum atomic E-state index is 11.7. The molecule has 1 heterocycles. The average Bonchev–Trinajstić information content (AvgIpc) is 2.22. The third kappa shape index (κ3) is 1.92. The summed E-state index contributed by atoms with van der Waals surface area (Å²) in [5, 5.41) is 0. The van der Waals surface area contributed by atoms with Crippen LogP contribution in [0.3, 0.4) is 0 Å². The molecule has 1 aromatic carbocycles. The summed E-state index contributed by atoms with van der Waals surface area (Å²) in [5.41, 5.74) is 8.55. The second kappa shape index (κ2) is 4.11. The number of carbonyl (C=O) groups is 1. The van der Waals surface area contributed by atoms with E-state index in [2.05, 4.69) is 0 Å². The Bertz CT molecular complexity index is 392. The van der Waals surface area contributed by atoms with Gasteiger partial charge >= 0.3 is 0 Å². The van der Waals surface area contributed by atoms with Crippen molar-refractivity contribution in [1.82, 2.24) is 0 Å². The lowest BCUT2D eigenvalue weighted by molar-refractivity contribution is -0.118. The van der Waals surface area contributed by atoms with Crippen molar-refractivity contribution in [2.45, 2.75) is 12.8 Å². The number of nitrogen functional groups attached to an aromatic ring is 1. The highest BCUT2D eigenvalue weighted by molar-refractivity contribution is 6.18. The predicted molar refractivity (Wildman–Crippen MR) is 62.2 cm³/mol. The molecule has 0 saturated heterocycles. The first kappa shape index (κ1) is 10.3. The fourth-order valence-corrected chi connectivity index (χ4v) is 2.08. The number of hydrogen-bond donors (Lipinski definition) is 1. The molecule has 4 heteroatoms. The molecule has 1 amide bonds. The Balaban J connectivity index is 2.39. The number of hydrogen-bond acceptors (Lipinski definition) is 2. The fourth-order valence-electron chi connectivity index (χ4n) is 1.91. The van der Waals surface area contributed by atoms with Gasteiger partial charge in [0.05, 0.1) is 0 Å².